The summed E-state index contributed by atoms with van der Waals surface area (Å²) in [5.41, 5.74) is 0. The fraction of sp³-hybridized carbons (Fsp3) is 0.909. The minimum atomic E-state index is 0.106. The van der Waals surface area contributed by atoms with E-state index in [1.165, 1.54) is 0 Å². The van der Waals surface area contributed by atoms with Gasteiger partial charge in [0.05, 0.1) is 0 Å². The van der Waals surface area contributed by atoms with E-state index in [1.807, 2.05) is 13.8 Å². The molecule has 0 N–H and O–H groups in total. The molecule has 0 aliphatic rings. The van der Waals surface area contributed by atoms with Gasteiger partial charge in [0.15, 0.2) is 0 Å². The van der Waals surface area contributed by atoms with Gasteiger partial charge in [0.25, 0.3) is 0 Å². The molecular formula is C11H23NO2. The van der Waals surface area contributed by atoms with Gasteiger partial charge in [-0.05, 0) is 12.8 Å². The molecule has 0 saturated carbocycles. The molecule has 1 atom stereocenters. The molecule has 14 heavy (non-hydrogen) atoms. The second-order valence-corrected chi connectivity index (χ2v) is 3.74. The topological polar surface area (TPSA) is 29.5 Å². The van der Waals surface area contributed by atoms with Crippen LogP contribution in [0.4, 0.5) is 0 Å². The zero-order valence-electron chi connectivity index (χ0n) is 9.88. The molecule has 0 aromatic rings. The van der Waals surface area contributed by atoms with Gasteiger partial charge >= 0.3 is 0 Å². The van der Waals surface area contributed by atoms with Gasteiger partial charge in [-0.3, -0.25) is 4.79 Å². The van der Waals surface area contributed by atoms with Gasteiger partial charge in [0.2, 0.25) is 5.91 Å². The Kier molecular flexibility index (Phi) is 7.48. The van der Waals surface area contributed by atoms with Crippen molar-refractivity contribution in [3.05, 3.63) is 0 Å². The summed E-state index contributed by atoms with van der Waals surface area (Å²) in [6.07, 6.45) is 3.08. The first-order valence-electron chi connectivity index (χ1n) is 5.46. The predicted molar refractivity (Wildman–Crippen MR) is 58.0 cm³/mol. The van der Waals surface area contributed by atoms with Crippen LogP contribution in [0.2, 0.25) is 0 Å². The third-order valence-corrected chi connectivity index (χ3v) is 2.34. The minimum Gasteiger partial charge on any atom is -0.361 e. The Bertz CT molecular complexity index is 159. The lowest BCUT2D eigenvalue weighted by molar-refractivity contribution is -0.138. The number of ether oxygens (including phenoxy) is 1. The normalized spacial score (nSPS) is 12.6. The van der Waals surface area contributed by atoms with Crippen molar-refractivity contribution in [3.8, 4) is 0 Å². The van der Waals surface area contributed by atoms with E-state index in [-0.39, 0.29) is 11.8 Å². The highest BCUT2D eigenvalue weighted by atomic mass is 16.5. The van der Waals surface area contributed by atoms with Crippen molar-refractivity contribution in [3.63, 3.8) is 0 Å². The largest absolute Gasteiger partial charge is 0.361 e. The summed E-state index contributed by atoms with van der Waals surface area (Å²) in [7, 11) is 1.79. The molecule has 3 heteroatoms. The maximum Gasteiger partial charge on any atom is 0.226 e. The molecule has 1 amide bonds. The Morgan fingerprint density at radius 3 is 2.57 bits per heavy atom. The Hall–Kier alpha value is -0.570. The minimum absolute atomic E-state index is 0.106. The van der Waals surface area contributed by atoms with E-state index < -0.39 is 0 Å². The first-order chi connectivity index (χ1) is 6.63. The fourth-order valence-electron chi connectivity index (χ4n) is 1.06. The average molecular weight is 201 g/mol. The summed E-state index contributed by atoms with van der Waals surface area (Å²) < 4.78 is 5.36. The van der Waals surface area contributed by atoms with Gasteiger partial charge in [-0.2, -0.15) is 0 Å². The van der Waals surface area contributed by atoms with Crippen LogP contribution in [0.15, 0.2) is 0 Å². The second kappa shape index (κ2) is 7.80. The van der Waals surface area contributed by atoms with Crippen LogP contribution in [0.3, 0.4) is 0 Å². The smallest absolute Gasteiger partial charge is 0.226 e. The fourth-order valence-corrected chi connectivity index (χ4v) is 1.06. The second-order valence-electron chi connectivity index (χ2n) is 3.74. The lowest BCUT2D eigenvalue weighted by Gasteiger charge is -2.20. The zero-order chi connectivity index (χ0) is 11.0. The van der Waals surface area contributed by atoms with Crippen molar-refractivity contribution in [2.45, 2.75) is 40.0 Å². The molecule has 0 aliphatic heterocycles. The molecule has 0 aromatic carbocycles. The van der Waals surface area contributed by atoms with E-state index in [9.17, 15) is 4.79 Å². The van der Waals surface area contributed by atoms with E-state index in [4.69, 9.17) is 4.74 Å². The van der Waals surface area contributed by atoms with E-state index in [2.05, 4.69) is 6.92 Å². The van der Waals surface area contributed by atoms with Crippen LogP contribution in [-0.4, -0.2) is 31.2 Å². The average Bonchev–Trinajstić information content (AvgIpc) is 2.21. The number of hydrogen-bond acceptors (Lipinski definition) is 2. The van der Waals surface area contributed by atoms with Gasteiger partial charge in [-0.25, -0.2) is 0 Å². The number of rotatable bonds is 7. The molecule has 0 aliphatic carbocycles. The van der Waals surface area contributed by atoms with Crippen molar-refractivity contribution in [1.82, 2.24) is 4.90 Å². The van der Waals surface area contributed by atoms with E-state index in [0.29, 0.717) is 6.73 Å². The molecule has 0 saturated heterocycles. The van der Waals surface area contributed by atoms with E-state index >= 15 is 0 Å². The molecule has 0 heterocycles. The summed E-state index contributed by atoms with van der Waals surface area (Å²) in [6.45, 7) is 7.26. The summed E-state index contributed by atoms with van der Waals surface area (Å²) >= 11 is 0. The molecule has 0 spiro atoms. The zero-order valence-corrected chi connectivity index (χ0v) is 9.88. The summed E-state index contributed by atoms with van der Waals surface area (Å²) in [4.78, 5) is 13.2. The Labute approximate surface area is 87.4 Å². The third kappa shape index (κ3) is 5.22. The molecule has 3 nitrogen and oxygen atoms in total. The number of unbranched alkanes of at least 4 members (excludes halogenated alkanes) is 1. The lowest BCUT2D eigenvalue weighted by atomic mass is 10.1. The summed E-state index contributed by atoms with van der Waals surface area (Å²) in [5.74, 6) is 0.277. The standard InChI is InChI=1S/C11H23NO2/c1-5-7-8-14-9-12(4)11(13)10(3)6-2/h10H,5-9H2,1-4H3. The molecule has 1 unspecified atom stereocenters. The third-order valence-electron chi connectivity index (χ3n) is 2.34. The van der Waals surface area contributed by atoms with Gasteiger partial charge in [-0.1, -0.05) is 27.2 Å². The van der Waals surface area contributed by atoms with Gasteiger partial charge < -0.3 is 9.64 Å². The number of amides is 1. The van der Waals surface area contributed by atoms with Crippen molar-refractivity contribution in [1.29, 1.82) is 0 Å². The van der Waals surface area contributed by atoms with E-state index in [1.54, 1.807) is 11.9 Å². The monoisotopic (exact) mass is 201 g/mol. The Morgan fingerprint density at radius 1 is 1.43 bits per heavy atom. The van der Waals surface area contributed by atoms with E-state index in [0.717, 1.165) is 25.9 Å². The predicted octanol–water partition coefficient (Wildman–Crippen LogP) is 2.27. The molecule has 0 aromatic heterocycles. The Morgan fingerprint density at radius 2 is 2.07 bits per heavy atom. The molecule has 0 bridgehead atoms. The van der Waals surface area contributed by atoms with Crippen LogP contribution >= 0.6 is 0 Å². The first kappa shape index (κ1) is 13.4. The Balaban J connectivity index is 3.62. The van der Waals surface area contributed by atoms with Gasteiger partial charge in [0, 0.05) is 19.6 Å². The number of carbonyl (C=O) groups excluding carboxylic acids is 1. The van der Waals surface area contributed by atoms with Crippen molar-refractivity contribution in [2.24, 2.45) is 5.92 Å². The van der Waals surface area contributed by atoms with Crippen LogP contribution in [0.5, 0.6) is 0 Å². The molecule has 0 radical (unpaired) electrons. The quantitative estimate of drug-likeness (QED) is 0.467. The van der Waals surface area contributed by atoms with Gasteiger partial charge in [-0.15, -0.1) is 0 Å². The highest BCUT2D eigenvalue weighted by molar-refractivity contribution is 5.77. The highest BCUT2D eigenvalue weighted by Gasteiger charge is 2.14. The number of nitrogens with zero attached hydrogens (tertiary/aromatic N) is 1. The number of hydrogen-bond donors (Lipinski definition) is 0. The lowest BCUT2D eigenvalue weighted by Crippen LogP contribution is -2.33. The van der Waals surface area contributed by atoms with Gasteiger partial charge in [0.1, 0.15) is 6.73 Å². The maximum atomic E-state index is 11.6. The molecule has 0 rings (SSSR count). The summed E-state index contributed by atoms with van der Waals surface area (Å²) in [5, 5.41) is 0. The number of carbonyl (C=O) groups is 1. The maximum absolute atomic E-state index is 11.6. The highest BCUT2D eigenvalue weighted by Crippen LogP contribution is 2.04. The van der Waals surface area contributed by atoms with Crippen LogP contribution in [0.25, 0.3) is 0 Å². The van der Waals surface area contributed by atoms with Crippen molar-refractivity contribution in [2.75, 3.05) is 20.4 Å². The molecular weight excluding hydrogens is 178 g/mol. The van der Waals surface area contributed by atoms with Crippen LogP contribution < -0.4 is 0 Å². The summed E-state index contributed by atoms with van der Waals surface area (Å²) in [6, 6.07) is 0. The van der Waals surface area contributed by atoms with Crippen molar-refractivity contribution >= 4 is 5.91 Å². The SMILES string of the molecule is CCCCOCN(C)C(=O)C(C)CC. The molecule has 0 fully saturated rings. The van der Waals surface area contributed by atoms with Crippen LogP contribution in [0.1, 0.15) is 40.0 Å². The first-order valence-corrected chi connectivity index (χ1v) is 5.46. The van der Waals surface area contributed by atoms with Crippen LogP contribution in [-0.2, 0) is 9.53 Å². The van der Waals surface area contributed by atoms with Crippen LogP contribution in [0, 0.1) is 5.92 Å². The molecule has 84 valence electrons. The van der Waals surface area contributed by atoms with Crippen molar-refractivity contribution < 1.29 is 9.53 Å².